The van der Waals surface area contributed by atoms with E-state index in [4.69, 9.17) is 0 Å². The highest BCUT2D eigenvalue weighted by Gasteiger charge is 1.98. The van der Waals surface area contributed by atoms with Gasteiger partial charge < -0.3 is 5.32 Å². The lowest BCUT2D eigenvalue weighted by Gasteiger charge is -2.05. The van der Waals surface area contributed by atoms with Gasteiger partial charge in [-0.05, 0) is 19.1 Å². The summed E-state index contributed by atoms with van der Waals surface area (Å²) in [6.07, 6.45) is 3.12. The first-order valence-electron chi connectivity index (χ1n) is 4.88. The van der Waals surface area contributed by atoms with Gasteiger partial charge in [-0.15, -0.1) is 0 Å². The van der Waals surface area contributed by atoms with Gasteiger partial charge in [0.25, 0.3) is 0 Å². The van der Waals surface area contributed by atoms with E-state index >= 15 is 0 Å². The van der Waals surface area contributed by atoms with Crippen molar-refractivity contribution in [2.45, 2.75) is 13.5 Å². The molecule has 82 valence electrons. The first-order chi connectivity index (χ1) is 7.74. The van der Waals surface area contributed by atoms with Crippen LogP contribution < -0.4 is 5.32 Å². The number of anilines is 1. The lowest BCUT2D eigenvalue weighted by Crippen LogP contribution is -2.03. The minimum Gasteiger partial charge on any atom is -0.379 e. The third-order valence-corrected chi connectivity index (χ3v) is 2.03. The highest BCUT2D eigenvalue weighted by molar-refractivity contribution is 5.41. The topological polar surface area (TPSA) is 50.7 Å². The monoisotopic (exact) mass is 218 g/mol. The molecule has 2 rings (SSSR count). The van der Waals surface area contributed by atoms with E-state index in [1.807, 2.05) is 13.0 Å². The molecule has 0 saturated heterocycles. The molecule has 2 heterocycles. The maximum Gasteiger partial charge on any atom is 0.214 e. The minimum absolute atomic E-state index is 0.496. The van der Waals surface area contributed by atoms with Crippen LogP contribution in [0.3, 0.4) is 0 Å². The molecule has 0 amide bonds. The molecule has 0 aliphatic rings. The number of aryl methyl sites for hydroxylation is 1. The highest BCUT2D eigenvalue weighted by atomic mass is 19.1. The number of nitrogens with zero attached hydrogens (tertiary/aromatic N) is 3. The molecule has 0 aromatic carbocycles. The fourth-order valence-corrected chi connectivity index (χ4v) is 1.31. The summed E-state index contributed by atoms with van der Waals surface area (Å²) < 4.78 is 12.8. The molecule has 0 saturated carbocycles. The number of nitrogens with one attached hydrogen (secondary N) is 1. The Balaban J connectivity index is 2.02. The average Bonchev–Trinajstić information content (AvgIpc) is 2.27. The second-order valence-electron chi connectivity index (χ2n) is 3.32. The highest BCUT2D eigenvalue weighted by Crippen LogP contribution is 2.08. The van der Waals surface area contributed by atoms with Crippen molar-refractivity contribution in [1.82, 2.24) is 15.0 Å². The van der Waals surface area contributed by atoms with Crippen LogP contribution in [0.4, 0.5) is 10.1 Å². The maximum atomic E-state index is 12.8. The van der Waals surface area contributed by atoms with Gasteiger partial charge in [-0.3, -0.25) is 0 Å². The molecule has 0 unspecified atom stereocenters. The Kier molecular flexibility index (Phi) is 3.05. The number of halogens is 1. The molecule has 0 fully saturated rings. The minimum atomic E-state index is -0.496. The SMILES string of the molecule is Cc1nccc(CNc2ccnc(F)c2)n1. The molecule has 0 aliphatic heterocycles. The normalized spacial score (nSPS) is 10.1. The van der Waals surface area contributed by atoms with E-state index in [-0.39, 0.29) is 0 Å². The molecule has 1 N–H and O–H groups in total. The zero-order valence-electron chi connectivity index (χ0n) is 8.81. The van der Waals surface area contributed by atoms with Crippen molar-refractivity contribution in [3.63, 3.8) is 0 Å². The van der Waals surface area contributed by atoms with Crippen LogP contribution in [-0.2, 0) is 6.54 Å². The molecule has 5 heteroatoms. The lowest BCUT2D eigenvalue weighted by molar-refractivity contribution is 0.584. The van der Waals surface area contributed by atoms with E-state index in [0.29, 0.717) is 12.2 Å². The van der Waals surface area contributed by atoms with E-state index < -0.39 is 5.95 Å². The van der Waals surface area contributed by atoms with Gasteiger partial charge in [0.1, 0.15) is 5.82 Å². The summed E-state index contributed by atoms with van der Waals surface area (Å²) in [7, 11) is 0. The van der Waals surface area contributed by atoms with Crippen LogP contribution in [0.5, 0.6) is 0 Å². The zero-order valence-corrected chi connectivity index (χ0v) is 8.81. The maximum absolute atomic E-state index is 12.8. The summed E-state index contributed by atoms with van der Waals surface area (Å²) in [5.41, 5.74) is 1.55. The van der Waals surface area contributed by atoms with Crippen molar-refractivity contribution >= 4 is 5.69 Å². The van der Waals surface area contributed by atoms with Crippen molar-refractivity contribution in [3.05, 3.63) is 48.1 Å². The Bertz CT molecular complexity index is 441. The van der Waals surface area contributed by atoms with E-state index in [9.17, 15) is 4.39 Å². The molecule has 16 heavy (non-hydrogen) atoms. The summed E-state index contributed by atoms with van der Waals surface area (Å²) in [5.74, 6) is 0.226. The third-order valence-electron chi connectivity index (χ3n) is 2.03. The Hall–Kier alpha value is -2.04. The molecule has 0 atom stereocenters. The molecule has 4 nitrogen and oxygen atoms in total. The number of hydrogen-bond acceptors (Lipinski definition) is 4. The van der Waals surface area contributed by atoms with Gasteiger partial charge in [-0.25, -0.2) is 15.0 Å². The molecule has 0 spiro atoms. The van der Waals surface area contributed by atoms with Crippen molar-refractivity contribution in [1.29, 1.82) is 0 Å². The average molecular weight is 218 g/mol. The molecule has 0 bridgehead atoms. The largest absolute Gasteiger partial charge is 0.379 e. The molecular formula is C11H11FN4. The van der Waals surface area contributed by atoms with Gasteiger partial charge in [0.05, 0.1) is 12.2 Å². The second kappa shape index (κ2) is 4.65. The van der Waals surface area contributed by atoms with Gasteiger partial charge in [0.15, 0.2) is 0 Å². The molecule has 0 radical (unpaired) electrons. The summed E-state index contributed by atoms with van der Waals surface area (Å²) >= 11 is 0. The van der Waals surface area contributed by atoms with Crippen molar-refractivity contribution < 1.29 is 4.39 Å². The van der Waals surface area contributed by atoms with Crippen LogP contribution >= 0.6 is 0 Å². The summed E-state index contributed by atoms with van der Waals surface area (Å²) in [4.78, 5) is 11.7. The third kappa shape index (κ3) is 2.73. The molecular weight excluding hydrogens is 207 g/mol. The summed E-state index contributed by atoms with van der Waals surface area (Å²) in [6.45, 7) is 2.36. The number of aromatic nitrogens is 3. The van der Waals surface area contributed by atoms with Gasteiger partial charge >= 0.3 is 0 Å². The van der Waals surface area contributed by atoms with Crippen LogP contribution in [0.1, 0.15) is 11.5 Å². The van der Waals surface area contributed by atoms with E-state index in [0.717, 1.165) is 11.5 Å². The van der Waals surface area contributed by atoms with E-state index in [1.54, 1.807) is 12.3 Å². The van der Waals surface area contributed by atoms with Crippen molar-refractivity contribution in [2.75, 3.05) is 5.32 Å². The standard InChI is InChI=1S/C11H11FN4/c1-8-13-4-3-10(16-8)7-15-9-2-5-14-11(12)6-9/h2-6H,7H2,1H3,(H,14,15). The van der Waals surface area contributed by atoms with Crippen LogP contribution in [0.25, 0.3) is 0 Å². The Morgan fingerprint density at radius 3 is 2.81 bits per heavy atom. The number of pyridine rings is 1. The Morgan fingerprint density at radius 2 is 2.06 bits per heavy atom. The summed E-state index contributed by atoms with van der Waals surface area (Å²) in [6, 6.07) is 4.86. The predicted molar refractivity (Wildman–Crippen MR) is 58.3 cm³/mol. The fraction of sp³-hybridized carbons (Fsp3) is 0.182. The Morgan fingerprint density at radius 1 is 1.25 bits per heavy atom. The summed E-state index contributed by atoms with van der Waals surface area (Å²) in [5, 5.41) is 3.06. The smallest absolute Gasteiger partial charge is 0.214 e. The van der Waals surface area contributed by atoms with Crippen LogP contribution in [-0.4, -0.2) is 15.0 Å². The zero-order chi connectivity index (χ0) is 11.4. The van der Waals surface area contributed by atoms with Gasteiger partial charge in [0.2, 0.25) is 5.95 Å². The molecule has 2 aromatic rings. The van der Waals surface area contributed by atoms with Crippen LogP contribution in [0, 0.1) is 12.9 Å². The quantitative estimate of drug-likeness (QED) is 0.800. The van der Waals surface area contributed by atoms with Gasteiger partial charge in [-0.1, -0.05) is 0 Å². The number of hydrogen-bond donors (Lipinski definition) is 1. The predicted octanol–water partition coefficient (Wildman–Crippen LogP) is 1.93. The first kappa shape index (κ1) is 10.5. The van der Waals surface area contributed by atoms with Crippen LogP contribution in [0.2, 0.25) is 0 Å². The van der Waals surface area contributed by atoms with Gasteiger partial charge in [0, 0.05) is 24.1 Å². The Labute approximate surface area is 92.6 Å². The first-order valence-corrected chi connectivity index (χ1v) is 4.88. The number of rotatable bonds is 3. The van der Waals surface area contributed by atoms with Gasteiger partial charge in [-0.2, -0.15) is 4.39 Å². The van der Waals surface area contributed by atoms with Crippen molar-refractivity contribution in [2.24, 2.45) is 0 Å². The second-order valence-corrected chi connectivity index (χ2v) is 3.32. The van der Waals surface area contributed by atoms with E-state index in [1.165, 1.54) is 12.3 Å². The molecule has 0 aliphatic carbocycles. The van der Waals surface area contributed by atoms with Crippen LogP contribution in [0.15, 0.2) is 30.6 Å². The fourth-order valence-electron chi connectivity index (χ4n) is 1.31. The molecule has 2 aromatic heterocycles. The lowest BCUT2D eigenvalue weighted by atomic mass is 10.3. The van der Waals surface area contributed by atoms with E-state index in [2.05, 4.69) is 20.3 Å². The van der Waals surface area contributed by atoms with Crippen molar-refractivity contribution in [3.8, 4) is 0 Å².